The van der Waals surface area contributed by atoms with Crippen LogP contribution in [-0.2, 0) is 16.1 Å². The zero-order chi connectivity index (χ0) is 17.1. The van der Waals surface area contributed by atoms with E-state index in [4.69, 9.17) is 4.74 Å². The van der Waals surface area contributed by atoms with Crippen molar-refractivity contribution in [3.63, 3.8) is 0 Å². The molecule has 6 heteroatoms. The molecule has 1 aliphatic rings. The standard InChI is InChI=1S/C18H18F2N2O2/c1-12-7-9-24-17(12)18(23)22(11-14-4-2-3-8-21-14)16-6-5-13(19)10-15(16)20/h2-6,8,10,12,17H,7,9,11H2,1H3/t12-,17-/m1/s1. The highest BCUT2D eigenvalue weighted by molar-refractivity contribution is 5.96. The van der Waals surface area contributed by atoms with Crippen molar-refractivity contribution in [2.45, 2.75) is 26.0 Å². The molecular weight excluding hydrogens is 314 g/mol. The summed E-state index contributed by atoms with van der Waals surface area (Å²) < 4.78 is 33.0. The van der Waals surface area contributed by atoms with Crippen LogP contribution < -0.4 is 4.90 Å². The predicted molar refractivity (Wildman–Crippen MR) is 85.3 cm³/mol. The Kier molecular flexibility index (Phi) is 4.85. The van der Waals surface area contributed by atoms with E-state index in [1.165, 1.54) is 11.0 Å². The Morgan fingerprint density at radius 1 is 1.33 bits per heavy atom. The van der Waals surface area contributed by atoms with Crippen LogP contribution in [-0.4, -0.2) is 23.6 Å². The molecule has 0 bridgehead atoms. The molecule has 1 aromatic carbocycles. The molecule has 126 valence electrons. The maximum Gasteiger partial charge on any atom is 0.256 e. The number of aromatic nitrogens is 1. The molecule has 1 aliphatic heterocycles. The maximum absolute atomic E-state index is 14.3. The third-order valence-corrected chi connectivity index (χ3v) is 4.14. The maximum atomic E-state index is 14.3. The number of nitrogens with zero attached hydrogens (tertiary/aromatic N) is 2. The number of rotatable bonds is 4. The first-order valence-corrected chi connectivity index (χ1v) is 7.84. The van der Waals surface area contributed by atoms with Crippen LogP contribution in [0.3, 0.4) is 0 Å². The molecule has 2 heterocycles. The topological polar surface area (TPSA) is 42.4 Å². The van der Waals surface area contributed by atoms with Gasteiger partial charge < -0.3 is 9.64 Å². The minimum atomic E-state index is -0.787. The van der Waals surface area contributed by atoms with E-state index in [0.29, 0.717) is 12.3 Å². The third-order valence-electron chi connectivity index (χ3n) is 4.14. The Hall–Kier alpha value is -2.34. The van der Waals surface area contributed by atoms with Gasteiger partial charge in [-0.1, -0.05) is 13.0 Å². The van der Waals surface area contributed by atoms with Crippen LogP contribution in [0.4, 0.5) is 14.5 Å². The van der Waals surface area contributed by atoms with E-state index < -0.39 is 17.7 Å². The average Bonchev–Trinajstić information content (AvgIpc) is 3.00. The molecule has 24 heavy (non-hydrogen) atoms. The zero-order valence-electron chi connectivity index (χ0n) is 13.3. The lowest BCUT2D eigenvalue weighted by Gasteiger charge is -2.27. The van der Waals surface area contributed by atoms with Gasteiger partial charge in [-0.25, -0.2) is 8.78 Å². The summed E-state index contributed by atoms with van der Waals surface area (Å²) in [5.74, 6) is -1.76. The monoisotopic (exact) mass is 332 g/mol. The summed E-state index contributed by atoms with van der Waals surface area (Å²) in [6, 6.07) is 8.48. The van der Waals surface area contributed by atoms with Crippen LogP contribution in [0.15, 0.2) is 42.6 Å². The first-order valence-electron chi connectivity index (χ1n) is 7.84. The summed E-state index contributed by atoms with van der Waals surface area (Å²) >= 11 is 0. The van der Waals surface area contributed by atoms with Crippen LogP contribution in [0.25, 0.3) is 0 Å². The van der Waals surface area contributed by atoms with Gasteiger partial charge in [0.25, 0.3) is 5.91 Å². The number of halogens is 2. The summed E-state index contributed by atoms with van der Waals surface area (Å²) in [6.45, 7) is 2.52. The number of anilines is 1. The van der Waals surface area contributed by atoms with E-state index >= 15 is 0 Å². The van der Waals surface area contributed by atoms with Crippen molar-refractivity contribution in [2.75, 3.05) is 11.5 Å². The van der Waals surface area contributed by atoms with Crippen molar-refractivity contribution >= 4 is 11.6 Å². The van der Waals surface area contributed by atoms with Gasteiger partial charge in [0.2, 0.25) is 0 Å². The van der Waals surface area contributed by atoms with Crippen molar-refractivity contribution in [3.8, 4) is 0 Å². The molecule has 1 saturated heterocycles. The minimum absolute atomic E-state index is 0.0229. The molecule has 0 spiro atoms. The van der Waals surface area contributed by atoms with Crippen LogP contribution in [0, 0.1) is 17.6 Å². The van der Waals surface area contributed by atoms with Crippen molar-refractivity contribution in [2.24, 2.45) is 5.92 Å². The Morgan fingerprint density at radius 2 is 2.17 bits per heavy atom. The van der Waals surface area contributed by atoms with Crippen LogP contribution >= 0.6 is 0 Å². The Morgan fingerprint density at radius 3 is 2.79 bits per heavy atom. The van der Waals surface area contributed by atoms with Crippen molar-refractivity contribution in [3.05, 3.63) is 59.9 Å². The highest BCUT2D eigenvalue weighted by atomic mass is 19.1. The van der Waals surface area contributed by atoms with E-state index in [1.807, 2.05) is 6.92 Å². The van der Waals surface area contributed by atoms with Gasteiger partial charge in [-0.3, -0.25) is 9.78 Å². The highest BCUT2D eigenvalue weighted by Crippen LogP contribution is 2.28. The molecule has 0 radical (unpaired) electrons. The molecule has 4 nitrogen and oxygen atoms in total. The Bertz CT molecular complexity index is 724. The molecule has 0 N–H and O–H groups in total. The first kappa shape index (κ1) is 16.5. The largest absolute Gasteiger partial charge is 0.368 e. The van der Waals surface area contributed by atoms with E-state index in [-0.39, 0.29) is 24.1 Å². The summed E-state index contributed by atoms with van der Waals surface area (Å²) in [6.07, 6.45) is 1.76. The fourth-order valence-corrected chi connectivity index (χ4v) is 2.80. The van der Waals surface area contributed by atoms with Gasteiger partial charge in [-0.05, 0) is 36.6 Å². The van der Waals surface area contributed by atoms with Gasteiger partial charge in [0.05, 0.1) is 17.9 Å². The normalized spacial score (nSPS) is 20.1. The first-order chi connectivity index (χ1) is 11.6. The number of carbonyl (C=O) groups excluding carboxylic acids is 1. The summed E-state index contributed by atoms with van der Waals surface area (Å²) in [4.78, 5) is 18.4. The highest BCUT2D eigenvalue weighted by Gasteiger charge is 2.35. The number of amides is 1. The smallest absolute Gasteiger partial charge is 0.256 e. The fourth-order valence-electron chi connectivity index (χ4n) is 2.80. The summed E-state index contributed by atoms with van der Waals surface area (Å²) in [5, 5.41) is 0. The van der Waals surface area contributed by atoms with E-state index in [1.54, 1.807) is 24.4 Å². The summed E-state index contributed by atoms with van der Waals surface area (Å²) in [5.41, 5.74) is 0.634. The molecule has 0 aliphatic carbocycles. The molecule has 2 atom stereocenters. The van der Waals surface area contributed by atoms with Gasteiger partial charge in [0, 0.05) is 18.9 Å². The van der Waals surface area contributed by atoms with Gasteiger partial charge >= 0.3 is 0 Å². The Labute approximate surface area is 139 Å². The number of benzene rings is 1. The second-order valence-corrected chi connectivity index (χ2v) is 5.90. The van der Waals surface area contributed by atoms with E-state index in [9.17, 15) is 13.6 Å². The zero-order valence-corrected chi connectivity index (χ0v) is 13.3. The average molecular weight is 332 g/mol. The number of hydrogen-bond acceptors (Lipinski definition) is 3. The van der Waals surface area contributed by atoms with Crippen LogP contribution in [0.5, 0.6) is 0 Å². The van der Waals surface area contributed by atoms with E-state index in [2.05, 4.69) is 4.98 Å². The third kappa shape index (κ3) is 3.43. The molecular formula is C18H18F2N2O2. The van der Waals surface area contributed by atoms with Crippen LogP contribution in [0.1, 0.15) is 19.0 Å². The fraction of sp³-hybridized carbons (Fsp3) is 0.333. The lowest BCUT2D eigenvalue weighted by molar-refractivity contribution is -0.128. The number of ether oxygens (including phenoxy) is 1. The molecule has 2 aromatic rings. The molecule has 1 fully saturated rings. The molecule has 1 aromatic heterocycles. The van der Waals surface area contributed by atoms with Crippen molar-refractivity contribution < 1.29 is 18.3 Å². The number of pyridine rings is 1. The SMILES string of the molecule is C[C@@H]1CCO[C@H]1C(=O)N(Cc1ccccn1)c1ccc(F)cc1F. The van der Waals surface area contributed by atoms with Crippen LogP contribution in [0.2, 0.25) is 0 Å². The Balaban J connectivity index is 1.95. The molecule has 0 saturated carbocycles. The van der Waals surface area contributed by atoms with Gasteiger partial charge in [0.15, 0.2) is 0 Å². The minimum Gasteiger partial charge on any atom is -0.368 e. The predicted octanol–water partition coefficient (Wildman–Crippen LogP) is 3.32. The van der Waals surface area contributed by atoms with Gasteiger partial charge in [-0.2, -0.15) is 0 Å². The lowest BCUT2D eigenvalue weighted by atomic mass is 10.0. The number of carbonyl (C=O) groups is 1. The van der Waals surface area contributed by atoms with E-state index in [0.717, 1.165) is 18.6 Å². The van der Waals surface area contributed by atoms with Gasteiger partial charge in [0.1, 0.15) is 17.7 Å². The van der Waals surface area contributed by atoms with Crippen molar-refractivity contribution in [1.82, 2.24) is 4.98 Å². The molecule has 0 unspecified atom stereocenters. The quantitative estimate of drug-likeness (QED) is 0.862. The summed E-state index contributed by atoms with van der Waals surface area (Å²) in [7, 11) is 0. The lowest BCUT2D eigenvalue weighted by Crippen LogP contribution is -2.41. The molecule has 1 amide bonds. The second kappa shape index (κ2) is 7.05. The van der Waals surface area contributed by atoms with Gasteiger partial charge in [-0.15, -0.1) is 0 Å². The van der Waals surface area contributed by atoms with Crippen molar-refractivity contribution in [1.29, 1.82) is 0 Å². The molecule has 3 rings (SSSR count). The number of hydrogen-bond donors (Lipinski definition) is 0. The second-order valence-electron chi connectivity index (χ2n) is 5.90.